The number of hydrogen-bond donors (Lipinski definition) is 2. The average Bonchev–Trinajstić information content (AvgIpc) is 2.84. The number of aliphatic hydroxyl groups is 1. The molecule has 2 atom stereocenters. The van der Waals surface area contributed by atoms with E-state index in [1.807, 2.05) is 0 Å². The van der Waals surface area contributed by atoms with Gasteiger partial charge in [-0.3, -0.25) is 4.79 Å². The van der Waals surface area contributed by atoms with Crippen LogP contribution in [-0.4, -0.2) is 29.3 Å². The summed E-state index contributed by atoms with van der Waals surface area (Å²) in [5, 5.41) is 12.6. The lowest BCUT2D eigenvalue weighted by Crippen LogP contribution is -2.48. The number of carbonyl (C=O) groups is 1. The zero-order valence-corrected chi connectivity index (χ0v) is 12.4. The Morgan fingerprint density at radius 2 is 2.05 bits per heavy atom. The third-order valence-electron chi connectivity index (χ3n) is 3.88. The van der Waals surface area contributed by atoms with Crippen molar-refractivity contribution in [2.45, 2.75) is 44.8 Å². The maximum atomic E-state index is 12.8. The van der Waals surface area contributed by atoms with Gasteiger partial charge in [0.25, 0.3) is 5.91 Å². The largest absolute Gasteiger partial charge is 0.478 e. The van der Waals surface area contributed by atoms with Crippen LogP contribution in [0.25, 0.3) is 0 Å². The summed E-state index contributed by atoms with van der Waals surface area (Å²) in [4.78, 5) is 12.2. The maximum Gasteiger partial charge on any atom is 0.263 e. The molecule has 4 nitrogen and oxygen atoms in total. The molecule has 1 aromatic carbocycles. The van der Waals surface area contributed by atoms with E-state index in [4.69, 9.17) is 4.74 Å². The van der Waals surface area contributed by atoms with Gasteiger partial charge in [0, 0.05) is 12.5 Å². The molecule has 0 saturated heterocycles. The number of ether oxygens (including phenoxy) is 1. The molecular weight excluding hydrogens is 273 g/mol. The molecule has 0 heterocycles. The second-order valence-corrected chi connectivity index (χ2v) is 6.03. The van der Waals surface area contributed by atoms with E-state index in [0.29, 0.717) is 12.3 Å². The minimum Gasteiger partial charge on any atom is -0.478 e. The van der Waals surface area contributed by atoms with Gasteiger partial charge < -0.3 is 15.2 Å². The molecule has 1 aromatic rings. The Morgan fingerprint density at radius 3 is 2.62 bits per heavy atom. The lowest BCUT2D eigenvalue weighted by atomic mass is 10.0. The van der Waals surface area contributed by atoms with Gasteiger partial charge in [-0.2, -0.15) is 0 Å². The van der Waals surface area contributed by atoms with Gasteiger partial charge in [0.15, 0.2) is 5.60 Å². The third kappa shape index (κ3) is 4.17. The van der Waals surface area contributed by atoms with Crippen molar-refractivity contribution in [3.8, 4) is 5.75 Å². The fraction of sp³-hybridized carbons (Fsp3) is 0.562. The molecule has 1 aliphatic carbocycles. The average molecular weight is 295 g/mol. The molecule has 5 heteroatoms. The molecule has 0 aromatic heterocycles. The lowest BCUT2D eigenvalue weighted by Gasteiger charge is -2.26. The summed E-state index contributed by atoms with van der Waals surface area (Å²) in [6.45, 7) is 3.78. The predicted octanol–water partition coefficient (Wildman–Crippen LogP) is 2.26. The number of aliphatic hydroxyl groups excluding tert-OH is 1. The third-order valence-corrected chi connectivity index (χ3v) is 3.88. The normalized spacial score (nSPS) is 22.1. The van der Waals surface area contributed by atoms with Crippen LogP contribution in [0.1, 0.15) is 33.1 Å². The summed E-state index contributed by atoms with van der Waals surface area (Å²) >= 11 is 0. The van der Waals surface area contributed by atoms with Crippen LogP contribution in [0.2, 0.25) is 0 Å². The van der Waals surface area contributed by atoms with E-state index in [9.17, 15) is 14.3 Å². The van der Waals surface area contributed by atoms with Crippen LogP contribution in [0.15, 0.2) is 24.3 Å². The molecule has 0 radical (unpaired) electrons. The monoisotopic (exact) mass is 295 g/mol. The Labute approximate surface area is 124 Å². The molecule has 21 heavy (non-hydrogen) atoms. The fourth-order valence-corrected chi connectivity index (χ4v) is 2.54. The summed E-state index contributed by atoms with van der Waals surface area (Å²) < 4.78 is 18.5. The summed E-state index contributed by atoms with van der Waals surface area (Å²) in [6.07, 6.45) is 2.40. The van der Waals surface area contributed by atoms with E-state index in [2.05, 4.69) is 5.32 Å². The van der Waals surface area contributed by atoms with Crippen molar-refractivity contribution in [1.29, 1.82) is 0 Å². The van der Waals surface area contributed by atoms with Crippen molar-refractivity contribution in [1.82, 2.24) is 5.32 Å². The molecule has 2 unspecified atom stereocenters. The van der Waals surface area contributed by atoms with Gasteiger partial charge >= 0.3 is 0 Å². The Bertz CT molecular complexity index is 487. The number of carbonyl (C=O) groups excluding carboxylic acids is 1. The quantitative estimate of drug-likeness (QED) is 0.876. The summed E-state index contributed by atoms with van der Waals surface area (Å²) in [5.41, 5.74) is -1.05. The highest BCUT2D eigenvalue weighted by atomic mass is 19.1. The van der Waals surface area contributed by atoms with Crippen molar-refractivity contribution >= 4 is 5.91 Å². The van der Waals surface area contributed by atoms with E-state index >= 15 is 0 Å². The Kier molecular flexibility index (Phi) is 4.83. The van der Waals surface area contributed by atoms with Crippen LogP contribution in [0, 0.1) is 11.7 Å². The van der Waals surface area contributed by atoms with E-state index in [0.717, 1.165) is 19.3 Å². The second-order valence-electron chi connectivity index (χ2n) is 6.03. The molecule has 1 fully saturated rings. The van der Waals surface area contributed by atoms with Crippen LogP contribution in [0.4, 0.5) is 4.39 Å². The molecule has 2 rings (SSSR count). The first-order chi connectivity index (χ1) is 9.88. The molecule has 0 spiro atoms. The summed E-state index contributed by atoms with van der Waals surface area (Å²) in [6, 6.07) is 5.56. The van der Waals surface area contributed by atoms with Crippen molar-refractivity contribution < 1.29 is 19.0 Å². The first-order valence-corrected chi connectivity index (χ1v) is 7.29. The molecule has 2 N–H and O–H groups in total. The molecule has 1 saturated carbocycles. The van der Waals surface area contributed by atoms with Crippen LogP contribution in [0.5, 0.6) is 5.75 Å². The van der Waals surface area contributed by atoms with Crippen molar-refractivity contribution in [3.05, 3.63) is 30.1 Å². The first kappa shape index (κ1) is 15.8. The lowest BCUT2D eigenvalue weighted by molar-refractivity contribution is -0.134. The number of hydrogen-bond acceptors (Lipinski definition) is 3. The molecule has 1 amide bonds. The number of halogens is 1. The van der Waals surface area contributed by atoms with E-state index in [1.165, 1.54) is 24.3 Å². The van der Waals surface area contributed by atoms with Crippen LogP contribution < -0.4 is 10.1 Å². The summed E-state index contributed by atoms with van der Waals surface area (Å²) in [7, 11) is 0. The first-order valence-electron chi connectivity index (χ1n) is 7.29. The van der Waals surface area contributed by atoms with Crippen LogP contribution in [0.3, 0.4) is 0 Å². The highest BCUT2D eigenvalue weighted by Gasteiger charge is 2.32. The SMILES string of the molecule is CC(C)(Oc1ccc(F)cc1)C(=O)NCC1CCCC1O. The highest BCUT2D eigenvalue weighted by Crippen LogP contribution is 2.25. The summed E-state index contributed by atoms with van der Waals surface area (Å²) in [5.74, 6) is -0.0289. The molecule has 0 aliphatic heterocycles. The maximum absolute atomic E-state index is 12.8. The van der Waals surface area contributed by atoms with Gasteiger partial charge in [0.05, 0.1) is 6.10 Å². The van der Waals surface area contributed by atoms with Crippen LogP contribution >= 0.6 is 0 Å². The van der Waals surface area contributed by atoms with Crippen molar-refractivity contribution in [3.63, 3.8) is 0 Å². The van der Waals surface area contributed by atoms with E-state index in [-0.39, 0.29) is 23.7 Å². The van der Waals surface area contributed by atoms with Crippen molar-refractivity contribution in [2.24, 2.45) is 5.92 Å². The standard InChI is InChI=1S/C16H22FNO3/c1-16(2,21-13-8-6-12(17)7-9-13)15(20)18-10-11-4-3-5-14(11)19/h6-9,11,14,19H,3-5,10H2,1-2H3,(H,18,20). The fourth-order valence-electron chi connectivity index (χ4n) is 2.54. The Morgan fingerprint density at radius 1 is 1.38 bits per heavy atom. The number of rotatable bonds is 5. The van der Waals surface area contributed by atoms with Gasteiger partial charge in [-0.05, 0) is 51.0 Å². The number of nitrogens with one attached hydrogen (secondary N) is 1. The van der Waals surface area contributed by atoms with Crippen molar-refractivity contribution in [2.75, 3.05) is 6.54 Å². The van der Waals surface area contributed by atoms with Gasteiger partial charge in [-0.25, -0.2) is 4.39 Å². The Balaban J connectivity index is 1.88. The zero-order valence-electron chi connectivity index (χ0n) is 12.4. The highest BCUT2D eigenvalue weighted by molar-refractivity contribution is 5.84. The smallest absolute Gasteiger partial charge is 0.263 e. The number of amides is 1. The minimum atomic E-state index is -1.05. The van der Waals surface area contributed by atoms with E-state index < -0.39 is 5.60 Å². The van der Waals surface area contributed by atoms with E-state index in [1.54, 1.807) is 13.8 Å². The van der Waals surface area contributed by atoms with Gasteiger partial charge in [0.1, 0.15) is 11.6 Å². The molecule has 116 valence electrons. The predicted molar refractivity (Wildman–Crippen MR) is 77.5 cm³/mol. The molecule has 0 bridgehead atoms. The van der Waals surface area contributed by atoms with Gasteiger partial charge in [0.2, 0.25) is 0 Å². The number of benzene rings is 1. The zero-order chi connectivity index (χ0) is 15.5. The Hall–Kier alpha value is -1.62. The van der Waals surface area contributed by atoms with Gasteiger partial charge in [-0.1, -0.05) is 6.42 Å². The molecule has 1 aliphatic rings. The second kappa shape index (κ2) is 6.43. The van der Waals surface area contributed by atoms with Gasteiger partial charge in [-0.15, -0.1) is 0 Å². The minimum absolute atomic E-state index is 0.121. The van der Waals surface area contributed by atoms with Crippen LogP contribution in [-0.2, 0) is 4.79 Å². The topological polar surface area (TPSA) is 58.6 Å². The molecular formula is C16H22FNO3.